The van der Waals surface area contributed by atoms with Crippen LogP contribution in [0.4, 0.5) is 0 Å². The van der Waals surface area contributed by atoms with Crippen molar-refractivity contribution in [2.45, 2.75) is 156 Å². The number of allylic oxidation sites excluding steroid dienone is 4. The normalized spacial score (nSPS) is 13.5. The van der Waals surface area contributed by atoms with Gasteiger partial charge in [-0.1, -0.05) is 0 Å². The topological polar surface area (TPSA) is 0 Å². The minimum atomic E-state index is -1.79. The third-order valence-corrected chi connectivity index (χ3v) is 9.78. The van der Waals surface area contributed by atoms with Crippen LogP contribution < -0.4 is 0 Å². The van der Waals surface area contributed by atoms with Crippen molar-refractivity contribution in [1.29, 1.82) is 0 Å². The van der Waals surface area contributed by atoms with Gasteiger partial charge in [-0.25, -0.2) is 0 Å². The van der Waals surface area contributed by atoms with Crippen molar-refractivity contribution >= 4 is 7.26 Å². The van der Waals surface area contributed by atoms with Crippen LogP contribution in [0.25, 0.3) is 0 Å². The Kier molecular flexibility index (Phi) is 25.5. The Hall–Kier alpha value is -0.610. The number of unbranched alkanes of at least 4 members (excludes halogenated alkanes) is 16. The molecule has 0 nitrogen and oxygen atoms in total. The summed E-state index contributed by atoms with van der Waals surface area (Å²) in [4.78, 5) is 0. The SMILES string of the molecule is CCCCCC/C=C/[PH](/C=C/CCCCCC)(/C=C/CCCCCC)/C=C/CCCCCC. The summed E-state index contributed by atoms with van der Waals surface area (Å²) in [6.45, 7) is 9.21. The zero-order valence-corrected chi connectivity index (χ0v) is 24.3. The third kappa shape index (κ3) is 21.6. The van der Waals surface area contributed by atoms with Gasteiger partial charge in [-0.15, -0.1) is 0 Å². The summed E-state index contributed by atoms with van der Waals surface area (Å²) in [5.41, 5.74) is 0. The molecule has 0 saturated carbocycles. The van der Waals surface area contributed by atoms with Crippen LogP contribution >= 0.6 is 7.26 Å². The van der Waals surface area contributed by atoms with Crippen LogP contribution in [0.1, 0.15) is 156 Å². The van der Waals surface area contributed by atoms with Gasteiger partial charge in [-0.05, 0) is 0 Å². The van der Waals surface area contributed by atoms with E-state index in [-0.39, 0.29) is 0 Å². The molecular formula is C32H61P. The average Bonchev–Trinajstić information content (AvgIpc) is 2.83. The predicted octanol–water partition coefficient (Wildman–Crippen LogP) is 12.7. The van der Waals surface area contributed by atoms with E-state index in [1.165, 1.54) is 128 Å². The predicted molar refractivity (Wildman–Crippen MR) is 160 cm³/mol. The first-order chi connectivity index (χ1) is 16.2. The molecule has 1 heteroatoms. The Morgan fingerprint density at radius 2 is 0.576 bits per heavy atom. The molecule has 0 spiro atoms. The molecule has 0 aromatic rings. The second-order valence-electron chi connectivity index (χ2n) is 10.0. The van der Waals surface area contributed by atoms with E-state index in [0.29, 0.717) is 0 Å². The average molecular weight is 477 g/mol. The van der Waals surface area contributed by atoms with Gasteiger partial charge in [-0.2, -0.15) is 0 Å². The summed E-state index contributed by atoms with van der Waals surface area (Å²) >= 11 is 0. The summed E-state index contributed by atoms with van der Waals surface area (Å²) in [7, 11) is -1.79. The van der Waals surface area contributed by atoms with E-state index >= 15 is 0 Å². The van der Waals surface area contributed by atoms with Gasteiger partial charge in [0.15, 0.2) is 0 Å². The van der Waals surface area contributed by atoms with Crippen LogP contribution in [-0.4, -0.2) is 0 Å². The van der Waals surface area contributed by atoms with Gasteiger partial charge >= 0.3 is 211 Å². The van der Waals surface area contributed by atoms with Crippen molar-refractivity contribution in [3.05, 3.63) is 47.6 Å². The van der Waals surface area contributed by atoms with Crippen LogP contribution in [0.15, 0.2) is 47.6 Å². The van der Waals surface area contributed by atoms with Crippen molar-refractivity contribution < 1.29 is 0 Å². The molecule has 0 N–H and O–H groups in total. The van der Waals surface area contributed by atoms with E-state index in [1.54, 1.807) is 0 Å². The first kappa shape index (κ1) is 32.4. The van der Waals surface area contributed by atoms with Crippen LogP contribution in [-0.2, 0) is 0 Å². The van der Waals surface area contributed by atoms with Crippen LogP contribution in [0.5, 0.6) is 0 Å². The van der Waals surface area contributed by atoms with Gasteiger partial charge in [-0.3, -0.25) is 0 Å². The fraction of sp³-hybridized carbons (Fsp3) is 0.750. The molecule has 0 saturated heterocycles. The second-order valence-corrected chi connectivity index (χ2v) is 13.3. The molecule has 0 amide bonds. The Bertz CT molecular complexity index is 403. The maximum absolute atomic E-state index is 2.63. The zero-order valence-electron chi connectivity index (χ0n) is 23.3. The summed E-state index contributed by atoms with van der Waals surface area (Å²) in [6, 6.07) is 0. The molecule has 0 atom stereocenters. The van der Waals surface area contributed by atoms with Gasteiger partial charge in [0.1, 0.15) is 0 Å². The Morgan fingerprint density at radius 1 is 0.333 bits per heavy atom. The first-order valence-electron chi connectivity index (χ1n) is 14.9. The van der Waals surface area contributed by atoms with Gasteiger partial charge in [0.2, 0.25) is 0 Å². The Labute approximate surface area is 210 Å². The molecule has 194 valence electrons. The van der Waals surface area contributed by atoms with Crippen molar-refractivity contribution in [1.82, 2.24) is 0 Å². The molecule has 0 radical (unpaired) electrons. The standard InChI is InChI=1S/C32H61P/c1-5-9-13-17-21-25-29-33(30-26-22-18-14-10-6-2,31-27-23-19-15-11-7-3)32-28-24-20-16-12-8-4/h25-33H,5-24H2,1-4H3/b29-25+,30-26+,31-27+,32-28+. The molecule has 0 aliphatic rings. The Morgan fingerprint density at radius 3 is 0.788 bits per heavy atom. The maximum atomic E-state index is 2.63. The van der Waals surface area contributed by atoms with Crippen molar-refractivity contribution in [3.8, 4) is 0 Å². The van der Waals surface area contributed by atoms with E-state index in [2.05, 4.69) is 75.3 Å². The first-order valence-corrected chi connectivity index (χ1v) is 17.3. The van der Waals surface area contributed by atoms with E-state index in [0.717, 1.165) is 0 Å². The zero-order chi connectivity index (χ0) is 24.3. The summed E-state index contributed by atoms with van der Waals surface area (Å²) in [5.74, 6) is 10.5. The number of hydrogen-bond donors (Lipinski definition) is 0. The minimum absolute atomic E-state index is 1.24. The van der Waals surface area contributed by atoms with E-state index in [4.69, 9.17) is 0 Å². The molecule has 33 heavy (non-hydrogen) atoms. The molecule has 0 aromatic heterocycles. The van der Waals surface area contributed by atoms with Gasteiger partial charge in [0.05, 0.1) is 0 Å². The molecule has 0 aliphatic heterocycles. The molecule has 0 bridgehead atoms. The fourth-order valence-corrected chi connectivity index (χ4v) is 7.21. The number of rotatable bonds is 24. The summed E-state index contributed by atoms with van der Waals surface area (Å²) in [6.07, 6.45) is 36.8. The molecule has 0 rings (SSSR count). The van der Waals surface area contributed by atoms with E-state index < -0.39 is 7.26 Å². The van der Waals surface area contributed by atoms with Crippen molar-refractivity contribution in [2.24, 2.45) is 0 Å². The third-order valence-electron chi connectivity index (χ3n) is 6.52. The molecule has 0 aliphatic carbocycles. The molecule has 0 fully saturated rings. The molecule has 0 unspecified atom stereocenters. The van der Waals surface area contributed by atoms with Gasteiger partial charge < -0.3 is 0 Å². The van der Waals surface area contributed by atoms with Crippen molar-refractivity contribution in [3.63, 3.8) is 0 Å². The van der Waals surface area contributed by atoms with Crippen LogP contribution in [0.2, 0.25) is 0 Å². The molecular weight excluding hydrogens is 415 g/mol. The van der Waals surface area contributed by atoms with E-state index in [9.17, 15) is 0 Å². The quantitative estimate of drug-likeness (QED) is 0.0959. The number of hydrogen-bond acceptors (Lipinski definition) is 0. The monoisotopic (exact) mass is 476 g/mol. The van der Waals surface area contributed by atoms with Gasteiger partial charge in [0.25, 0.3) is 0 Å². The van der Waals surface area contributed by atoms with Crippen molar-refractivity contribution in [2.75, 3.05) is 0 Å². The Balaban J connectivity index is 5.27. The van der Waals surface area contributed by atoms with Gasteiger partial charge in [0, 0.05) is 0 Å². The van der Waals surface area contributed by atoms with Crippen LogP contribution in [0.3, 0.4) is 0 Å². The fourth-order valence-electron chi connectivity index (χ4n) is 4.24. The summed E-state index contributed by atoms with van der Waals surface area (Å²) in [5, 5.41) is 0. The summed E-state index contributed by atoms with van der Waals surface area (Å²) < 4.78 is 0. The van der Waals surface area contributed by atoms with Crippen LogP contribution in [0, 0.1) is 0 Å². The molecule has 0 aromatic carbocycles. The molecule has 0 heterocycles. The second kappa shape index (κ2) is 26.0. The van der Waals surface area contributed by atoms with E-state index in [1.807, 2.05) is 0 Å².